The van der Waals surface area contributed by atoms with E-state index < -0.39 is 5.60 Å². The molecule has 1 aliphatic heterocycles. The third-order valence-electron chi connectivity index (χ3n) is 5.99. The van der Waals surface area contributed by atoms with Gasteiger partial charge in [0, 0.05) is 12.5 Å². The van der Waals surface area contributed by atoms with E-state index >= 15 is 0 Å². The number of anilines is 1. The Morgan fingerprint density at radius 3 is 2.22 bits per heavy atom. The Bertz CT molecular complexity index is 706. The molecule has 0 radical (unpaired) electrons. The average Bonchev–Trinajstić information content (AvgIpc) is 2.77. The van der Waals surface area contributed by atoms with Gasteiger partial charge in [-0.25, -0.2) is 4.79 Å². The summed E-state index contributed by atoms with van der Waals surface area (Å²) in [4.78, 5) is 23.3. The van der Waals surface area contributed by atoms with E-state index in [1.54, 1.807) is 0 Å². The molecule has 1 aromatic carbocycles. The standard InChI is InChI=1S/C26H41NO5/c1-4-6-8-10-16-26(17-11-9-7-5-2)23-20-22(14-15-24(23)27-25(29)32-26)31-19-13-12-18-30-21(3)28/h14-15,20H,4-13,16-19H2,1-3H3,(H,27,29). The number of hydrogen-bond donors (Lipinski definition) is 1. The molecule has 0 saturated heterocycles. The van der Waals surface area contributed by atoms with Crippen LogP contribution in [0.25, 0.3) is 0 Å². The summed E-state index contributed by atoms with van der Waals surface area (Å²) in [5, 5.41) is 2.87. The van der Waals surface area contributed by atoms with Crippen LogP contribution in [0.15, 0.2) is 18.2 Å². The van der Waals surface area contributed by atoms with Crippen molar-refractivity contribution in [3.05, 3.63) is 23.8 Å². The molecule has 1 amide bonds. The third-order valence-corrected chi connectivity index (χ3v) is 5.99. The van der Waals surface area contributed by atoms with Crippen molar-refractivity contribution in [3.63, 3.8) is 0 Å². The lowest BCUT2D eigenvalue weighted by molar-refractivity contribution is -0.141. The molecule has 0 atom stereocenters. The quantitative estimate of drug-likeness (QED) is 0.216. The molecular formula is C26H41NO5. The summed E-state index contributed by atoms with van der Waals surface area (Å²) in [6.07, 6.45) is 12.0. The summed E-state index contributed by atoms with van der Waals surface area (Å²) >= 11 is 0. The van der Waals surface area contributed by atoms with Crippen molar-refractivity contribution in [3.8, 4) is 5.75 Å². The zero-order chi connectivity index (χ0) is 23.2. The molecule has 1 N–H and O–H groups in total. The Kier molecular flexibility index (Phi) is 11.4. The summed E-state index contributed by atoms with van der Waals surface area (Å²) < 4.78 is 17.0. The van der Waals surface area contributed by atoms with Crippen LogP contribution in [-0.4, -0.2) is 25.3 Å². The second-order valence-electron chi connectivity index (χ2n) is 8.73. The fraction of sp³-hybridized carbons (Fsp3) is 0.692. The van der Waals surface area contributed by atoms with Crippen LogP contribution in [0.4, 0.5) is 10.5 Å². The van der Waals surface area contributed by atoms with Gasteiger partial charge < -0.3 is 14.2 Å². The van der Waals surface area contributed by atoms with Crippen molar-refractivity contribution in [1.29, 1.82) is 0 Å². The summed E-state index contributed by atoms with van der Waals surface area (Å²) in [5.74, 6) is 0.527. The Morgan fingerprint density at radius 2 is 1.59 bits per heavy atom. The summed E-state index contributed by atoms with van der Waals surface area (Å²) in [6, 6.07) is 5.87. The highest BCUT2D eigenvalue weighted by Gasteiger charge is 2.41. The van der Waals surface area contributed by atoms with Crippen LogP contribution in [0.3, 0.4) is 0 Å². The summed E-state index contributed by atoms with van der Waals surface area (Å²) in [6.45, 7) is 6.79. The molecule has 0 saturated carbocycles. The van der Waals surface area contributed by atoms with Crippen LogP contribution in [-0.2, 0) is 19.9 Å². The first-order valence-electron chi connectivity index (χ1n) is 12.4. The molecule has 6 heteroatoms. The lowest BCUT2D eigenvalue weighted by Crippen LogP contribution is -2.39. The molecule has 0 bridgehead atoms. The van der Waals surface area contributed by atoms with Crippen LogP contribution >= 0.6 is 0 Å². The molecule has 0 fully saturated rings. The van der Waals surface area contributed by atoms with Crippen LogP contribution in [0.2, 0.25) is 0 Å². The Labute approximate surface area is 193 Å². The number of esters is 1. The van der Waals surface area contributed by atoms with Gasteiger partial charge in [0.1, 0.15) is 11.4 Å². The van der Waals surface area contributed by atoms with E-state index in [0.29, 0.717) is 13.2 Å². The normalized spacial score (nSPS) is 14.3. The highest BCUT2D eigenvalue weighted by Crippen LogP contribution is 2.45. The number of cyclic esters (lactones) is 1. The van der Waals surface area contributed by atoms with E-state index in [9.17, 15) is 9.59 Å². The van der Waals surface area contributed by atoms with Gasteiger partial charge in [0.15, 0.2) is 0 Å². The fourth-order valence-corrected chi connectivity index (χ4v) is 4.25. The largest absolute Gasteiger partial charge is 0.494 e. The van der Waals surface area contributed by atoms with Crippen molar-refractivity contribution in [1.82, 2.24) is 0 Å². The maximum Gasteiger partial charge on any atom is 0.412 e. The van der Waals surface area contributed by atoms with Crippen molar-refractivity contribution < 1.29 is 23.8 Å². The SMILES string of the molecule is CCCCCCC1(CCCCCC)OC(=O)Nc2ccc(OCCCCOC(C)=O)cc21. The molecule has 32 heavy (non-hydrogen) atoms. The second kappa shape index (κ2) is 14.0. The van der Waals surface area contributed by atoms with Gasteiger partial charge in [-0.2, -0.15) is 0 Å². The van der Waals surface area contributed by atoms with Crippen molar-refractivity contribution in [2.24, 2.45) is 0 Å². The van der Waals surface area contributed by atoms with Gasteiger partial charge in [-0.05, 0) is 56.7 Å². The number of amides is 1. The smallest absolute Gasteiger partial charge is 0.412 e. The van der Waals surface area contributed by atoms with Gasteiger partial charge in [-0.15, -0.1) is 0 Å². The molecule has 6 nitrogen and oxygen atoms in total. The lowest BCUT2D eigenvalue weighted by atomic mass is 9.81. The molecule has 1 heterocycles. The molecule has 2 rings (SSSR count). The molecule has 0 unspecified atom stereocenters. The number of carbonyl (C=O) groups is 2. The van der Waals surface area contributed by atoms with E-state index in [-0.39, 0.29) is 12.1 Å². The minimum atomic E-state index is -0.589. The summed E-state index contributed by atoms with van der Waals surface area (Å²) in [7, 11) is 0. The molecule has 1 aromatic rings. The maximum absolute atomic E-state index is 12.4. The number of nitrogens with one attached hydrogen (secondary N) is 1. The van der Waals surface area contributed by atoms with E-state index in [2.05, 4.69) is 19.2 Å². The first-order valence-corrected chi connectivity index (χ1v) is 12.4. The van der Waals surface area contributed by atoms with E-state index in [4.69, 9.17) is 14.2 Å². The Morgan fingerprint density at radius 1 is 0.938 bits per heavy atom. The number of ether oxygens (including phenoxy) is 3. The summed E-state index contributed by atoms with van der Waals surface area (Å²) in [5.41, 5.74) is 1.27. The predicted octanol–water partition coefficient (Wildman–Crippen LogP) is 7.11. The van der Waals surface area contributed by atoms with Gasteiger partial charge >= 0.3 is 12.1 Å². The Hall–Kier alpha value is -2.24. The third kappa shape index (κ3) is 8.36. The van der Waals surface area contributed by atoms with Crippen LogP contribution in [0, 0.1) is 0 Å². The van der Waals surface area contributed by atoms with E-state index in [0.717, 1.165) is 68.4 Å². The van der Waals surface area contributed by atoms with E-state index in [1.807, 2.05) is 18.2 Å². The van der Waals surface area contributed by atoms with Crippen molar-refractivity contribution >= 4 is 17.7 Å². The monoisotopic (exact) mass is 447 g/mol. The number of hydrogen-bond acceptors (Lipinski definition) is 5. The average molecular weight is 448 g/mol. The molecule has 180 valence electrons. The molecule has 1 aliphatic rings. The highest BCUT2D eigenvalue weighted by atomic mass is 16.6. The minimum Gasteiger partial charge on any atom is -0.494 e. The first-order chi connectivity index (χ1) is 15.5. The molecular weight excluding hydrogens is 406 g/mol. The first kappa shape index (κ1) is 26.0. The topological polar surface area (TPSA) is 73.9 Å². The van der Waals surface area contributed by atoms with Gasteiger partial charge in [-0.1, -0.05) is 52.4 Å². The van der Waals surface area contributed by atoms with Crippen molar-refractivity contribution in [2.75, 3.05) is 18.5 Å². The minimum absolute atomic E-state index is 0.253. The second-order valence-corrected chi connectivity index (χ2v) is 8.73. The Balaban J connectivity index is 2.11. The molecule has 0 spiro atoms. The van der Waals surface area contributed by atoms with Gasteiger partial charge in [0.2, 0.25) is 0 Å². The van der Waals surface area contributed by atoms with Crippen molar-refractivity contribution in [2.45, 2.75) is 103 Å². The lowest BCUT2D eigenvalue weighted by Gasteiger charge is -2.39. The van der Waals surface area contributed by atoms with Crippen LogP contribution in [0.1, 0.15) is 103 Å². The van der Waals surface area contributed by atoms with Gasteiger partial charge in [0.25, 0.3) is 0 Å². The predicted molar refractivity (Wildman–Crippen MR) is 127 cm³/mol. The number of fused-ring (bicyclic) bond motifs is 1. The van der Waals surface area contributed by atoms with Gasteiger partial charge in [-0.3, -0.25) is 10.1 Å². The number of rotatable bonds is 16. The number of carbonyl (C=O) groups excluding carboxylic acids is 2. The maximum atomic E-state index is 12.4. The van der Waals surface area contributed by atoms with Crippen LogP contribution < -0.4 is 10.1 Å². The molecule has 0 aliphatic carbocycles. The number of unbranched alkanes of at least 4 members (excludes halogenated alkanes) is 7. The van der Waals surface area contributed by atoms with Crippen LogP contribution in [0.5, 0.6) is 5.75 Å². The zero-order valence-electron chi connectivity index (χ0n) is 20.2. The fourth-order valence-electron chi connectivity index (χ4n) is 4.25. The number of benzene rings is 1. The highest BCUT2D eigenvalue weighted by molar-refractivity contribution is 5.89. The van der Waals surface area contributed by atoms with Gasteiger partial charge in [0.05, 0.1) is 18.9 Å². The zero-order valence-corrected chi connectivity index (χ0v) is 20.2. The molecule has 0 aromatic heterocycles. The van der Waals surface area contributed by atoms with E-state index in [1.165, 1.54) is 32.6 Å².